The number of aromatic amines is 1. The van der Waals surface area contributed by atoms with Gasteiger partial charge in [-0.25, -0.2) is 4.79 Å². The summed E-state index contributed by atoms with van der Waals surface area (Å²) in [6, 6.07) is 18.6. The Balaban J connectivity index is 1.52. The summed E-state index contributed by atoms with van der Waals surface area (Å²) in [7, 11) is 0. The molecule has 8 N–H and O–H groups in total. The van der Waals surface area contributed by atoms with E-state index in [1.807, 2.05) is 60.9 Å². The summed E-state index contributed by atoms with van der Waals surface area (Å²) in [6.07, 6.45) is 4.23. The van der Waals surface area contributed by atoms with Crippen LogP contribution in [0.4, 0.5) is 0 Å². The van der Waals surface area contributed by atoms with Crippen LogP contribution in [0, 0.1) is 0 Å². The Morgan fingerprint density at radius 1 is 0.761 bits per heavy atom. The number of nitrogens with two attached hydrogens (primary N) is 1. The third-order valence-corrected chi connectivity index (χ3v) is 8.25. The number of para-hydroxylation sites is 1. The number of phenols is 1. The van der Waals surface area contributed by atoms with E-state index in [0.717, 1.165) is 22.0 Å². The third-order valence-electron chi connectivity index (χ3n) is 7.60. The van der Waals surface area contributed by atoms with E-state index in [0.29, 0.717) is 11.3 Å². The second-order valence-electron chi connectivity index (χ2n) is 11.0. The van der Waals surface area contributed by atoms with Gasteiger partial charge in [0.25, 0.3) is 0 Å². The van der Waals surface area contributed by atoms with Gasteiger partial charge in [-0.05, 0) is 59.7 Å². The summed E-state index contributed by atoms with van der Waals surface area (Å²) in [5.74, 6) is -2.48. The minimum atomic E-state index is -1.27. The first-order valence-corrected chi connectivity index (χ1v) is 16.3. The Morgan fingerprint density at radius 2 is 1.37 bits per heavy atom. The third kappa shape index (κ3) is 9.59. The lowest BCUT2D eigenvalue weighted by atomic mass is 10.0. The van der Waals surface area contributed by atoms with Crippen molar-refractivity contribution in [2.24, 2.45) is 5.73 Å². The molecule has 0 aliphatic rings. The number of carboxylic acids is 1. The van der Waals surface area contributed by atoms with Gasteiger partial charge in [-0.3, -0.25) is 14.4 Å². The van der Waals surface area contributed by atoms with E-state index in [1.54, 1.807) is 18.3 Å². The van der Waals surface area contributed by atoms with Crippen LogP contribution < -0.4 is 21.7 Å². The van der Waals surface area contributed by atoms with Crippen LogP contribution in [-0.2, 0) is 38.4 Å². The zero-order chi connectivity index (χ0) is 33.1. The van der Waals surface area contributed by atoms with Crippen molar-refractivity contribution in [3.8, 4) is 5.75 Å². The number of carbonyl (C=O) groups excluding carboxylic acids is 3. The number of aromatic hydroxyl groups is 1. The van der Waals surface area contributed by atoms with Crippen LogP contribution >= 0.6 is 11.8 Å². The first kappa shape index (κ1) is 34.1. The molecule has 3 amide bonds. The molecule has 4 aromatic rings. The van der Waals surface area contributed by atoms with Crippen molar-refractivity contribution in [1.82, 2.24) is 20.9 Å². The van der Waals surface area contributed by atoms with Crippen molar-refractivity contribution in [3.05, 3.63) is 102 Å². The van der Waals surface area contributed by atoms with Gasteiger partial charge in [0.15, 0.2) is 0 Å². The van der Waals surface area contributed by atoms with Crippen LogP contribution in [0.2, 0.25) is 0 Å². The molecule has 46 heavy (non-hydrogen) atoms. The standard InChI is InChI=1S/C34H39N5O6S/c1-46-16-15-28(32(42)39-30(34(44)45)18-22-11-13-24(40)14-12-22)37-33(43)29(19-23-20-36-27-10-6-5-9-25(23)27)38-31(41)26(35)17-21-7-3-2-4-8-21/h2-14,20,26,28-30,36,40H,15-19,35H2,1H3,(H,37,43)(H,38,41)(H,39,42)(H,44,45). The first-order chi connectivity index (χ1) is 22.1. The fourth-order valence-electron chi connectivity index (χ4n) is 5.09. The Labute approximate surface area is 271 Å². The van der Waals surface area contributed by atoms with E-state index in [4.69, 9.17) is 5.73 Å². The smallest absolute Gasteiger partial charge is 0.326 e. The maximum Gasteiger partial charge on any atom is 0.326 e. The Bertz CT molecular complexity index is 1630. The van der Waals surface area contributed by atoms with Gasteiger partial charge in [0, 0.05) is 29.9 Å². The van der Waals surface area contributed by atoms with Crippen molar-refractivity contribution < 1.29 is 29.4 Å². The van der Waals surface area contributed by atoms with E-state index < -0.39 is 47.9 Å². The Kier molecular flexibility index (Phi) is 12.2. The molecule has 0 aliphatic carbocycles. The number of fused-ring (bicyclic) bond motifs is 1. The lowest BCUT2D eigenvalue weighted by Gasteiger charge is -2.25. The van der Waals surface area contributed by atoms with Crippen molar-refractivity contribution >= 4 is 46.4 Å². The number of aliphatic carboxylic acids is 1. The van der Waals surface area contributed by atoms with E-state index >= 15 is 0 Å². The van der Waals surface area contributed by atoms with Gasteiger partial charge in [0.1, 0.15) is 23.9 Å². The fraction of sp³-hybridized carbons (Fsp3) is 0.294. The molecule has 0 aliphatic heterocycles. The van der Waals surface area contributed by atoms with Crippen molar-refractivity contribution in [1.29, 1.82) is 0 Å². The summed E-state index contributed by atoms with van der Waals surface area (Å²) < 4.78 is 0. The SMILES string of the molecule is CSCCC(NC(=O)C(Cc1c[nH]c2ccccc12)NC(=O)C(N)Cc1ccccc1)C(=O)NC(Cc1ccc(O)cc1)C(=O)O. The van der Waals surface area contributed by atoms with Crippen LogP contribution in [0.25, 0.3) is 10.9 Å². The number of carboxylic acid groups (broad SMARTS) is 1. The second kappa shape index (κ2) is 16.5. The number of carbonyl (C=O) groups is 4. The molecule has 0 saturated heterocycles. The van der Waals surface area contributed by atoms with E-state index in [-0.39, 0.29) is 31.4 Å². The van der Waals surface area contributed by atoms with E-state index in [1.165, 1.54) is 23.9 Å². The minimum absolute atomic E-state index is 0.0247. The number of aromatic nitrogens is 1. The molecule has 0 fully saturated rings. The van der Waals surface area contributed by atoms with Gasteiger partial charge in [-0.1, -0.05) is 60.7 Å². The number of hydrogen-bond donors (Lipinski definition) is 7. The number of hydrogen-bond acceptors (Lipinski definition) is 7. The number of benzene rings is 3. The Morgan fingerprint density at radius 3 is 2.07 bits per heavy atom. The van der Waals surface area contributed by atoms with Gasteiger partial charge in [0.05, 0.1) is 6.04 Å². The van der Waals surface area contributed by atoms with Crippen LogP contribution in [0.3, 0.4) is 0 Å². The molecule has 1 heterocycles. The van der Waals surface area contributed by atoms with E-state index in [2.05, 4.69) is 20.9 Å². The van der Waals surface area contributed by atoms with Crippen molar-refractivity contribution in [2.75, 3.05) is 12.0 Å². The minimum Gasteiger partial charge on any atom is -0.508 e. The highest BCUT2D eigenvalue weighted by Crippen LogP contribution is 2.20. The summed E-state index contributed by atoms with van der Waals surface area (Å²) >= 11 is 1.47. The molecule has 4 unspecified atom stereocenters. The molecule has 11 nitrogen and oxygen atoms in total. The van der Waals surface area contributed by atoms with Gasteiger partial charge in [0.2, 0.25) is 17.7 Å². The maximum atomic E-state index is 13.8. The number of nitrogens with one attached hydrogen (secondary N) is 4. The number of amides is 3. The molecule has 242 valence electrons. The predicted octanol–water partition coefficient (Wildman–Crippen LogP) is 2.52. The second-order valence-corrected chi connectivity index (χ2v) is 12.0. The largest absolute Gasteiger partial charge is 0.508 e. The molecule has 4 rings (SSSR count). The lowest BCUT2D eigenvalue weighted by Crippen LogP contribution is -2.58. The highest BCUT2D eigenvalue weighted by Gasteiger charge is 2.31. The molecule has 1 aromatic heterocycles. The normalized spacial score (nSPS) is 13.7. The molecular weight excluding hydrogens is 606 g/mol. The zero-order valence-corrected chi connectivity index (χ0v) is 26.3. The monoisotopic (exact) mass is 645 g/mol. The Hall–Kier alpha value is -4.81. The highest BCUT2D eigenvalue weighted by atomic mass is 32.2. The molecular formula is C34H39N5O6S. The van der Waals surface area contributed by atoms with Crippen molar-refractivity contribution in [3.63, 3.8) is 0 Å². The zero-order valence-electron chi connectivity index (χ0n) is 25.4. The molecule has 12 heteroatoms. The topological polar surface area (TPSA) is 187 Å². The number of rotatable bonds is 16. The first-order valence-electron chi connectivity index (χ1n) is 14.9. The summed E-state index contributed by atoms with van der Waals surface area (Å²) in [5.41, 5.74) is 9.38. The maximum absolute atomic E-state index is 13.8. The van der Waals surface area contributed by atoms with E-state index in [9.17, 15) is 29.4 Å². The van der Waals surface area contributed by atoms with Gasteiger partial charge in [-0.2, -0.15) is 11.8 Å². The van der Waals surface area contributed by atoms with Crippen molar-refractivity contribution in [2.45, 2.75) is 49.9 Å². The van der Waals surface area contributed by atoms with Crippen LogP contribution in [0.5, 0.6) is 5.75 Å². The molecule has 0 bridgehead atoms. The molecule has 3 aromatic carbocycles. The molecule has 0 radical (unpaired) electrons. The van der Waals surface area contributed by atoms with Gasteiger partial charge < -0.3 is 36.9 Å². The fourth-order valence-corrected chi connectivity index (χ4v) is 5.56. The van der Waals surface area contributed by atoms with Crippen LogP contribution in [0.1, 0.15) is 23.1 Å². The number of thioether (sulfide) groups is 1. The number of H-pyrrole nitrogens is 1. The highest BCUT2D eigenvalue weighted by molar-refractivity contribution is 7.98. The van der Waals surface area contributed by atoms with Crippen LogP contribution in [-0.4, -0.2) is 75.1 Å². The molecule has 0 saturated carbocycles. The average Bonchev–Trinajstić information content (AvgIpc) is 3.46. The summed E-state index contributed by atoms with van der Waals surface area (Å²) in [6.45, 7) is 0. The average molecular weight is 646 g/mol. The quantitative estimate of drug-likeness (QED) is 0.0969. The number of phenolic OH excluding ortho intramolecular Hbond substituents is 1. The summed E-state index contributed by atoms with van der Waals surface area (Å²) in [4.78, 5) is 55.8. The molecule has 4 atom stereocenters. The van der Waals surface area contributed by atoms with Gasteiger partial charge >= 0.3 is 5.97 Å². The lowest BCUT2D eigenvalue weighted by molar-refractivity contribution is -0.142. The predicted molar refractivity (Wildman–Crippen MR) is 178 cm³/mol. The summed E-state index contributed by atoms with van der Waals surface area (Å²) in [5, 5.41) is 28.4. The van der Waals surface area contributed by atoms with Crippen LogP contribution in [0.15, 0.2) is 85.1 Å². The van der Waals surface area contributed by atoms with Gasteiger partial charge in [-0.15, -0.1) is 0 Å². The molecule has 0 spiro atoms.